The first kappa shape index (κ1) is 17.7. The molecule has 2 aliphatic heterocycles. The van der Waals surface area contributed by atoms with Crippen LogP contribution < -0.4 is 14.9 Å². The maximum absolute atomic E-state index is 14.5. The fourth-order valence-electron chi connectivity index (χ4n) is 2.91. The number of amidine groups is 1. The number of amides is 1. The molecular weight excluding hydrogens is 363 g/mol. The Balaban J connectivity index is 1.51. The minimum Gasteiger partial charge on any atom is -0.495 e. The van der Waals surface area contributed by atoms with Gasteiger partial charge in [-0.25, -0.2) is 4.39 Å². The first-order valence-electron chi connectivity index (χ1n) is 8.52. The molecule has 7 nitrogen and oxygen atoms in total. The second-order valence-electron chi connectivity index (χ2n) is 6.25. The molecule has 2 aliphatic rings. The van der Waals surface area contributed by atoms with Crippen molar-refractivity contribution in [2.45, 2.75) is 13.2 Å². The molecule has 0 radical (unpaired) electrons. The molecule has 0 spiro atoms. The fraction of sp³-hybridized carbons (Fsp3) is 0.150. The van der Waals surface area contributed by atoms with Crippen molar-refractivity contribution in [2.75, 3.05) is 7.11 Å². The van der Waals surface area contributed by atoms with E-state index in [-0.39, 0.29) is 24.8 Å². The van der Waals surface area contributed by atoms with E-state index in [1.54, 1.807) is 37.6 Å². The maximum Gasteiger partial charge on any atom is 0.260 e. The molecule has 1 N–H and O–H groups in total. The third-order valence-electron chi connectivity index (χ3n) is 4.39. The van der Waals surface area contributed by atoms with Gasteiger partial charge in [0.05, 0.1) is 25.5 Å². The lowest BCUT2D eigenvalue weighted by molar-refractivity contribution is 0.0865. The molecule has 8 heteroatoms. The Kier molecular flexibility index (Phi) is 4.52. The first-order valence-corrected chi connectivity index (χ1v) is 8.52. The molecule has 3 heterocycles. The summed E-state index contributed by atoms with van der Waals surface area (Å²) in [5.74, 6) is 0.267. The van der Waals surface area contributed by atoms with Crippen molar-refractivity contribution in [3.8, 4) is 11.5 Å². The number of benzene rings is 1. The number of rotatable bonds is 4. The fourth-order valence-corrected chi connectivity index (χ4v) is 2.91. The SMILES string of the molecule is C=C1C=CC(N2Cc3cc(F)c(OCc4ccc(OC)cn4)cc3C2=O)=NN1. The van der Waals surface area contributed by atoms with Crippen LogP contribution >= 0.6 is 0 Å². The maximum atomic E-state index is 14.5. The average Bonchev–Trinajstić information content (AvgIpc) is 3.02. The van der Waals surface area contributed by atoms with Crippen molar-refractivity contribution in [3.63, 3.8) is 0 Å². The molecule has 0 atom stereocenters. The number of carbonyl (C=O) groups excluding carboxylic acids is 1. The van der Waals surface area contributed by atoms with Gasteiger partial charge >= 0.3 is 0 Å². The number of nitrogens with zero attached hydrogens (tertiary/aromatic N) is 3. The molecule has 0 bridgehead atoms. The number of halogens is 1. The van der Waals surface area contributed by atoms with Crippen LogP contribution in [0, 0.1) is 5.82 Å². The Morgan fingerprint density at radius 2 is 2.18 bits per heavy atom. The highest BCUT2D eigenvalue weighted by molar-refractivity contribution is 6.13. The van der Waals surface area contributed by atoms with E-state index in [0.29, 0.717) is 34.1 Å². The van der Waals surface area contributed by atoms with Crippen molar-refractivity contribution in [1.29, 1.82) is 0 Å². The molecule has 0 saturated carbocycles. The van der Waals surface area contributed by atoms with Gasteiger partial charge in [0.15, 0.2) is 17.4 Å². The molecule has 28 heavy (non-hydrogen) atoms. The molecule has 4 rings (SSSR count). The number of carbonyl (C=O) groups is 1. The van der Waals surface area contributed by atoms with E-state index in [0.717, 1.165) is 0 Å². The normalized spacial score (nSPS) is 15.2. The van der Waals surface area contributed by atoms with E-state index in [4.69, 9.17) is 9.47 Å². The summed E-state index contributed by atoms with van der Waals surface area (Å²) >= 11 is 0. The number of hydrogen-bond acceptors (Lipinski definition) is 6. The van der Waals surface area contributed by atoms with E-state index >= 15 is 0 Å². The zero-order valence-corrected chi connectivity index (χ0v) is 15.1. The Labute approximate surface area is 160 Å². The van der Waals surface area contributed by atoms with Crippen LogP contribution in [-0.4, -0.2) is 28.7 Å². The molecule has 142 valence electrons. The van der Waals surface area contributed by atoms with Crippen LogP contribution in [0.3, 0.4) is 0 Å². The molecule has 1 aromatic carbocycles. The molecule has 0 aliphatic carbocycles. The van der Waals surface area contributed by atoms with E-state index in [1.807, 2.05) is 0 Å². The Morgan fingerprint density at radius 1 is 1.32 bits per heavy atom. The number of hydrogen-bond donors (Lipinski definition) is 1. The molecular formula is C20H17FN4O3. The molecule has 1 amide bonds. The number of methoxy groups -OCH3 is 1. The van der Waals surface area contributed by atoms with Crippen molar-refractivity contribution in [1.82, 2.24) is 15.3 Å². The minimum absolute atomic E-state index is 0.000745. The smallest absolute Gasteiger partial charge is 0.260 e. The number of ether oxygens (including phenoxy) is 2. The van der Waals surface area contributed by atoms with Crippen LogP contribution in [0.5, 0.6) is 11.5 Å². The van der Waals surface area contributed by atoms with E-state index < -0.39 is 5.82 Å². The van der Waals surface area contributed by atoms with Crippen molar-refractivity contribution in [2.24, 2.45) is 5.10 Å². The second kappa shape index (κ2) is 7.15. The highest BCUT2D eigenvalue weighted by Gasteiger charge is 2.32. The molecule has 0 saturated heterocycles. The van der Waals surface area contributed by atoms with Crippen molar-refractivity contribution in [3.05, 3.63) is 77.5 Å². The highest BCUT2D eigenvalue weighted by Crippen LogP contribution is 2.30. The summed E-state index contributed by atoms with van der Waals surface area (Å²) < 4.78 is 25.0. The molecule has 1 aromatic heterocycles. The summed E-state index contributed by atoms with van der Waals surface area (Å²) in [6.07, 6.45) is 4.96. The standard InChI is InChI=1S/C20H17FN4O3/c1-12-3-6-19(24-23-12)25-10-13-7-17(21)18(8-16(13)20(25)26)28-11-14-4-5-15(27-2)9-22-14/h3-9,23H,1,10-11H2,2H3. The first-order chi connectivity index (χ1) is 13.5. The quantitative estimate of drug-likeness (QED) is 0.883. The lowest BCUT2D eigenvalue weighted by Crippen LogP contribution is -2.32. The van der Waals surface area contributed by atoms with Gasteiger partial charge in [-0.15, -0.1) is 0 Å². The van der Waals surface area contributed by atoms with Crippen molar-refractivity contribution < 1.29 is 18.7 Å². The van der Waals surface area contributed by atoms with Crippen LogP contribution in [0.4, 0.5) is 4.39 Å². The number of pyridine rings is 1. The number of hydrazone groups is 1. The summed E-state index contributed by atoms with van der Waals surface area (Å²) in [5, 5.41) is 4.10. The Hall–Kier alpha value is -3.68. The van der Waals surface area contributed by atoms with Crippen LogP contribution in [-0.2, 0) is 13.2 Å². The van der Waals surface area contributed by atoms with Crippen LogP contribution in [0.25, 0.3) is 0 Å². The lowest BCUT2D eigenvalue weighted by Gasteiger charge is -2.18. The van der Waals surface area contributed by atoms with Gasteiger partial charge in [-0.05, 0) is 42.0 Å². The number of aromatic nitrogens is 1. The zero-order chi connectivity index (χ0) is 19.7. The molecule has 0 fully saturated rings. The largest absolute Gasteiger partial charge is 0.495 e. The predicted octanol–water partition coefficient (Wildman–Crippen LogP) is 2.75. The van der Waals surface area contributed by atoms with Crippen LogP contribution in [0.15, 0.2) is 60.0 Å². The minimum atomic E-state index is -0.533. The van der Waals surface area contributed by atoms with Crippen LogP contribution in [0.1, 0.15) is 21.6 Å². The monoisotopic (exact) mass is 380 g/mol. The van der Waals surface area contributed by atoms with E-state index in [2.05, 4.69) is 22.1 Å². The summed E-state index contributed by atoms with van der Waals surface area (Å²) in [7, 11) is 1.55. The lowest BCUT2D eigenvalue weighted by atomic mass is 10.1. The number of allylic oxidation sites excluding steroid dienone is 1. The molecule has 2 aromatic rings. The Morgan fingerprint density at radius 3 is 2.86 bits per heavy atom. The van der Waals surface area contributed by atoms with Gasteiger partial charge in [0.1, 0.15) is 12.4 Å². The van der Waals surface area contributed by atoms with Gasteiger partial charge in [-0.2, -0.15) is 5.10 Å². The number of fused-ring (bicyclic) bond motifs is 1. The zero-order valence-electron chi connectivity index (χ0n) is 15.1. The van der Waals surface area contributed by atoms with Crippen LogP contribution in [0.2, 0.25) is 0 Å². The molecule has 0 unspecified atom stereocenters. The average molecular weight is 380 g/mol. The van der Waals surface area contributed by atoms with Gasteiger partial charge in [-0.1, -0.05) is 6.58 Å². The third kappa shape index (κ3) is 3.32. The van der Waals surface area contributed by atoms with Gasteiger partial charge in [0.25, 0.3) is 5.91 Å². The van der Waals surface area contributed by atoms with Gasteiger partial charge in [0.2, 0.25) is 0 Å². The summed E-state index contributed by atoms with van der Waals surface area (Å²) in [6.45, 7) is 4.03. The Bertz CT molecular complexity index is 1010. The van der Waals surface area contributed by atoms with Crippen molar-refractivity contribution >= 4 is 11.7 Å². The summed E-state index contributed by atoms with van der Waals surface area (Å²) in [5.41, 5.74) is 4.93. The predicted molar refractivity (Wildman–Crippen MR) is 100 cm³/mol. The third-order valence-corrected chi connectivity index (χ3v) is 4.39. The highest BCUT2D eigenvalue weighted by atomic mass is 19.1. The topological polar surface area (TPSA) is 76.1 Å². The summed E-state index contributed by atoms with van der Waals surface area (Å²) in [4.78, 5) is 18.4. The summed E-state index contributed by atoms with van der Waals surface area (Å²) in [6, 6.07) is 6.22. The second-order valence-corrected chi connectivity index (χ2v) is 6.25. The van der Waals surface area contributed by atoms with E-state index in [1.165, 1.54) is 17.0 Å². The number of nitrogens with one attached hydrogen (secondary N) is 1. The van der Waals surface area contributed by atoms with Gasteiger partial charge in [0, 0.05) is 11.3 Å². The van der Waals surface area contributed by atoms with Gasteiger partial charge in [-0.3, -0.25) is 20.1 Å². The van der Waals surface area contributed by atoms with E-state index in [9.17, 15) is 9.18 Å². The van der Waals surface area contributed by atoms with Gasteiger partial charge < -0.3 is 9.47 Å².